The molecule has 0 spiro atoms. The molecule has 0 aliphatic rings. The van der Waals surface area contributed by atoms with E-state index >= 15 is 0 Å². The van der Waals surface area contributed by atoms with Crippen LogP contribution in [0.5, 0.6) is 0 Å². The molecule has 0 unspecified atom stereocenters. The minimum Gasteiger partial charge on any atom is -0.228 e. The summed E-state index contributed by atoms with van der Waals surface area (Å²) in [6.45, 7) is 5.83. The fraction of sp³-hybridized carbons (Fsp3) is 0.444. The Labute approximate surface area is 66.3 Å². The van der Waals surface area contributed by atoms with Crippen molar-refractivity contribution in [1.29, 1.82) is 0 Å². The van der Waals surface area contributed by atoms with Crippen LogP contribution in [-0.4, -0.2) is 4.98 Å². The molecular weight excluding hydrogens is 141 g/mol. The van der Waals surface area contributed by atoms with Crippen LogP contribution in [0.3, 0.4) is 0 Å². The molecule has 2 heteroatoms. The fourth-order valence-electron chi connectivity index (χ4n) is 0.980. The molecule has 11 heavy (non-hydrogen) atoms. The summed E-state index contributed by atoms with van der Waals surface area (Å²) in [5, 5.41) is 0. The second-order valence-electron chi connectivity index (χ2n) is 3.05. The average molecular weight is 153 g/mol. The molecule has 0 atom stereocenters. The predicted octanol–water partition coefficient (Wildman–Crippen LogP) is 2.65. The summed E-state index contributed by atoms with van der Waals surface area (Å²) in [7, 11) is 0. The van der Waals surface area contributed by atoms with Gasteiger partial charge in [0.2, 0.25) is 5.95 Å². The van der Waals surface area contributed by atoms with Crippen LogP contribution in [0.4, 0.5) is 4.39 Å². The standard InChI is InChI=1S/C9H12FN/c1-6(2)8-4-7(3)5-11-9(8)10/h4-6H,1-3H3. The summed E-state index contributed by atoms with van der Waals surface area (Å²) in [6, 6.07) is 1.84. The van der Waals surface area contributed by atoms with Crippen molar-refractivity contribution in [2.24, 2.45) is 0 Å². The Hall–Kier alpha value is -0.920. The van der Waals surface area contributed by atoms with Gasteiger partial charge in [-0.15, -0.1) is 0 Å². The molecule has 0 fully saturated rings. The first kappa shape index (κ1) is 8.18. The van der Waals surface area contributed by atoms with Gasteiger partial charge >= 0.3 is 0 Å². The zero-order valence-corrected chi connectivity index (χ0v) is 7.06. The minimum absolute atomic E-state index is 0.211. The molecule has 60 valence electrons. The molecular formula is C9H12FN. The summed E-state index contributed by atoms with van der Waals surface area (Å²) in [6.07, 6.45) is 1.54. The van der Waals surface area contributed by atoms with E-state index in [4.69, 9.17) is 0 Å². The normalized spacial score (nSPS) is 10.6. The summed E-state index contributed by atoms with van der Waals surface area (Å²) in [4.78, 5) is 3.63. The fourth-order valence-corrected chi connectivity index (χ4v) is 0.980. The molecule has 0 N–H and O–H groups in total. The Bertz CT molecular complexity index is 256. The maximum absolute atomic E-state index is 12.9. The van der Waals surface area contributed by atoms with Crippen LogP contribution in [0, 0.1) is 12.9 Å². The van der Waals surface area contributed by atoms with Crippen LogP contribution in [0.25, 0.3) is 0 Å². The molecule has 0 saturated carbocycles. The van der Waals surface area contributed by atoms with Gasteiger partial charge < -0.3 is 0 Å². The topological polar surface area (TPSA) is 12.9 Å². The van der Waals surface area contributed by atoms with Gasteiger partial charge in [-0.05, 0) is 24.5 Å². The SMILES string of the molecule is Cc1cnc(F)c(C(C)C)c1. The number of hydrogen-bond acceptors (Lipinski definition) is 1. The third-order valence-corrected chi connectivity index (χ3v) is 1.62. The number of rotatable bonds is 1. The number of halogens is 1. The number of hydrogen-bond donors (Lipinski definition) is 0. The van der Waals surface area contributed by atoms with Crippen LogP contribution in [-0.2, 0) is 0 Å². The lowest BCUT2D eigenvalue weighted by atomic mass is 10.0. The van der Waals surface area contributed by atoms with Gasteiger partial charge in [-0.2, -0.15) is 4.39 Å². The van der Waals surface area contributed by atoms with Gasteiger partial charge in [0.25, 0.3) is 0 Å². The van der Waals surface area contributed by atoms with E-state index in [2.05, 4.69) is 4.98 Å². The Balaban J connectivity index is 3.13. The van der Waals surface area contributed by atoms with Gasteiger partial charge in [0, 0.05) is 11.8 Å². The number of aryl methyl sites for hydroxylation is 1. The first-order chi connectivity index (χ1) is 5.11. The van der Waals surface area contributed by atoms with Crippen LogP contribution >= 0.6 is 0 Å². The number of pyridine rings is 1. The van der Waals surface area contributed by atoms with Crippen molar-refractivity contribution in [3.63, 3.8) is 0 Å². The van der Waals surface area contributed by atoms with Gasteiger partial charge in [-0.25, -0.2) is 4.98 Å². The van der Waals surface area contributed by atoms with E-state index in [9.17, 15) is 4.39 Å². The van der Waals surface area contributed by atoms with Crippen molar-refractivity contribution < 1.29 is 4.39 Å². The van der Waals surface area contributed by atoms with E-state index in [1.807, 2.05) is 26.8 Å². The lowest BCUT2D eigenvalue weighted by molar-refractivity contribution is 0.555. The Kier molecular flexibility index (Phi) is 2.22. The van der Waals surface area contributed by atoms with Crippen LogP contribution < -0.4 is 0 Å². The lowest BCUT2D eigenvalue weighted by Crippen LogP contribution is -1.96. The molecule has 1 aromatic heterocycles. The van der Waals surface area contributed by atoms with E-state index in [1.54, 1.807) is 6.20 Å². The third kappa shape index (κ3) is 1.76. The maximum Gasteiger partial charge on any atom is 0.216 e. The van der Waals surface area contributed by atoms with Gasteiger partial charge in [-0.3, -0.25) is 0 Å². The van der Waals surface area contributed by atoms with Crippen molar-refractivity contribution >= 4 is 0 Å². The summed E-state index contributed by atoms with van der Waals surface area (Å²) < 4.78 is 12.9. The molecule has 1 heterocycles. The summed E-state index contributed by atoms with van der Waals surface area (Å²) >= 11 is 0. The Morgan fingerprint density at radius 2 is 2.09 bits per heavy atom. The molecule has 0 radical (unpaired) electrons. The van der Waals surface area contributed by atoms with Crippen molar-refractivity contribution in [2.45, 2.75) is 26.7 Å². The highest BCUT2D eigenvalue weighted by Crippen LogP contribution is 2.17. The molecule has 0 amide bonds. The van der Waals surface area contributed by atoms with E-state index < -0.39 is 0 Å². The third-order valence-electron chi connectivity index (χ3n) is 1.62. The molecule has 0 bridgehead atoms. The van der Waals surface area contributed by atoms with E-state index in [1.165, 1.54) is 0 Å². The second-order valence-corrected chi connectivity index (χ2v) is 3.05. The molecule has 1 nitrogen and oxygen atoms in total. The predicted molar refractivity (Wildman–Crippen MR) is 43.0 cm³/mol. The van der Waals surface area contributed by atoms with Gasteiger partial charge in [-0.1, -0.05) is 13.8 Å². The van der Waals surface area contributed by atoms with Crippen LogP contribution in [0.1, 0.15) is 30.9 Å². The molecule has 0 aliphatic carbocycles. The highest BCUT2D eigenvalue weighted by Gasteiger charge is 2.06. The minimum atomic E-state index is -0.342. The zero-order valence-electron chi connectivity index (χ0n) is 7.06. The zero-order chi connectivity index (χ0) is 8.43. The number of nitrogens with zero attached hydrogens (tertiary/aromatic N) is 1. The van der Waals surface area contributed by atoms with Crippen molar-refractivity contribution in [1.82, 2.24) is 4.98 Å². The molecule has 0 saturated heterocycles. The molecule has 1 rings (SSSR count). The largest absolute Gasteiger partial charge is 0.228 e. The maximum atomic E-state index is 12.9. The molecule has 0 aliphatic heterocycles. The van der Waals surface area contributed by atoms with Crippen LogP contribution in [0.2, 0.25) is 0 Å². The lowest BCUT2D eigenvalue weighted by Gasteiger charge is -2.05. The van der Waals surface area contributed by atoms with E-state index in [0.29, 0.717) is 5.56 Å². The second kappa shape index (κ2) is 2.99. The quantitative estimate of drug-likeness (QED) is 0.565. The monoisotopic (exact) mass is 153 g/mol. The highest BCUT2D eigenvalue weighted by atomic mass is 19.1. The molecule has 0 aromatic carbocycles. The van der Waals surface area contributed by atoms with Gasteiger partial charge in [0.05, 0.1) is 0 Å². The van der Waals surface area contributed by atoms with E-state index in [0.717, 1.165) is 5.56 Å². The van der Waals surface area contributed by atoms with Crippen LogP contribution in [0.15, 0.2) is 12.3 Å². The Morgan fingerprint density at radius 1 is 1.45 bits per heavy atom. The highest BCUT2D eigenvalue weighted by molar-refractivity contribution is 5.20. The smallest absolute Gasteiger partial charge is 0.216 e. The summed E-state index contributed by atoms with van der Waals surface area (Å²) in [5.41, 5.74) is 1.71. The average Bonchev–Trinajstić information content (AvgIpc) is 1.94. The van der Waals surface area contributed by atoms with E-state index in [-0.39, 0.29) is 11.9 Å². The van der Waals surface area contributed by atoms with Crippen molar-refractivity contribution in [3.8, 4) is 0 Å². The van der Waals surface area contributed by atoms with Crippen molar-refractivity contribution in [3.05, 3.63) is 29.3 Å². The first-order valence-corrected chi connectivity index (χ1v) is 3.73. The summed E-state index contributed by atoms with van der Waals surface area (Å²) in [5.74, 6) is -0.131. The van der Waals surface area contributed by atoms with Gasteiger partial charge in [0.1, 0.15) is 0 Å². The first-order valence-electron chi connectivity index (χ1n) is 3.73. The van der Waals surface area contributed by atoms with Gasteiger partial charge in [0.15, 0.2) is 0 Å². The van der Waals surface area contributed by atoms with Crippen molar-refractivity contribution in [2.75, 3.05) is 0 Å². The number of aromatic nitrogens is 1. The molecule has 1 aromatic rings. The Morgan fingerprint density at radius 3 is 2.55 bits per heavy atom.